The maximum Gasteiger partial charge on any atom is 0.123 e. The summed E-state index contributed by atoms with van der Waals surface area (Å²) >= 11 is 0. The van der Waals surface area contributed by atoms with E-state index >= 15 is 0 Å². The smallest absolute Gasteiger partial charge is 0.123 e. The van der Waals surface area contributed by atoms with E-state index < -0.39 is 0 Å². The van der Waals surface area contributed by atoms with E-state index in [1.54, 1.807) is 6.20 Å². The van der Waals surface area contributed by atoms with Crippen LogP contribution in [0.15, 0.2) is 12.4 Å². The fourth-order valence-corrected chi connectivity index (χ4v) is 1.14. The highest BCUT2D eigenvalue weighted by molar-refractivity contribution is 5.85. The van der Waals surface area contributed by atoms with Crippen molar-refractivity contribution < 1.29 is 9.84 Å². The topological polar surface area (TPSA) is 73.3 Å². The quantitative estimate of drug-likeness (QED) is 0.737. The Morgan fingerprint density at radius 1 is 1.67 bits per heavy atom. The van der Waals surface area contributed by atoms with Gasteiger partial charge in [0, 0.05) is 31.5 Å². The first kappa shape index (κ1) is 14.4. The van der Waals surface area contributed by atoms with Gasteiger partial charge >= 0.3 is 0 Å². The Morgan fingerprint density at radius 3 is 3.00 bits per heavy atom. The Hall–Kier alpha value is -0.620. The first-order valence-corrected chi connectivity index (χ1v) is 4.72. The summed E-state index contributed by atoms with van der Waals surface area (Å²) in [5, 5.41) is 8.81. The van der Waals surface area contributed by atoms with Crippen molar-refractivity contribution in [2.45, 2.75) is 26.1 Å². The van der Waals surface area contributed by atoms with Crippen LogP contribution in [0.25, 0.3) is 0 Å². The summed E-state index contributed by atoms with van der Waals surface area (Å²) < 4.78 is 7.14. The van der Waals surface area contributed by atoms with Crippen molar-refractivity contribution in [1.82, 2.24) is 9.55 Å². The Kier molecular flexibility index (Phi) is 7.33. The molecule has 6 heteroatoms. The van der Waals surface area contributed by atoms with Crippen LogP contribution in [-0.2, 0) is 17.9 Å². The second-order valence-corrected chi connectivity index (χ2v) is 3.08. The molecule has 5 nitrogen and oxygen atoms in total. The molecular weight excluding hydrogens is 218 g/mol. The second-order valence-electron chi connectivity index (χ2n) is 3.08. The van der Waals surface area contributed by atoms with E-state index in [4.69, 9.17) is 15.6 Å². The number of nitrogens with two attached hydrogens (primary N) is 1. The number of imidazole rings is 1. The number of hydrogen-bond acceptors (Lipinski definition) is 4. The normalized spacial score (nSPS) is 12.2. The van der Waals surface area contributed by atoms with Gasteiger partial charge in [-0.05, 0) is 6.92 Å². The lowest BCUT2D eigenvalue weighted by molar-refractivity contribution is 0.0853. The van der Waals surface area contributed by atoms with Gasteiger partial charge < -0.3 is 20.1 Å². The van der Waals surface area contributed by atoms with Gasteiger partial charge in [0.05, 0.1) is 6.61 Å². The van der Waals surface area contributed by atoms with Crippen LogP contribution in [0.5, 0.6) is 0 Å². The lowest BCUT2D eigenvalue weighted by atomic mass is 10.2. The van der Waals surface area contributed by atoms with Crippen molar-refractivity contribution >= 4 is 12.4 Å². The fraction of sp³-hybridized carbons (Fsp3) is 0.667. The highest BCUT2D eigenvalue weighted by Gasteiger charge is 2.07. The minimum Gasteiger partial charge on any atom is -0.395 e. The third kappa shape index (κ3) is 4.61. The van der Waals surface area contributed by atoms with Crippen LogP contribution in [0, 0.1) is 0 Å². The van der Waals surface area contributed by atoms with Gasteiger partial charge in [0.1, 0.15) is 12.6 Å². The van der Waals surface area contributed by atoms with Gasteiger partial charge in [-0.15, -0.1) is 12.4 Å². The summed E-state index contributed by atoms with van der Waals surface area (Å²) in [5.74, 6) is 0.847. The van der Waals surface area contributed by atoms with E-state index in [0.29, 0.717) is 19.8 Å². The molecule has 1 heterocycles. The zero-order valence-corrected chi connectivity index (χ0v) is 9.61. The molecule has 0 radical (unpaired) electrons. The predicted molar refractivity (Wildman–Crippen MR) is 59.9 cm³/mol. The van der Waals surface area contributed by atoms with Gasteiger partial charge in [-0.2, -0.15) is 0 Å². The van der Waals surface area contributed by atoms with E-state index in [9.17, 15) is 0 Å². The molecular formula is C9H18ClN3O2. The zero-order chi connectivity index (χ0) is 10.4. The molecule has 88 valence electrons. The minimum atomic E-state index is -0.252. The van der Waals surface area contributed by atoms with Gasteiger partial charge in [-0.1, -0.05) is 0 Å². The molecule has 0 aliphatic carbocycles. The van der Waals surface area contributed by atoms with E-state index in [2.05, 4.69) is 4.98 Å². The van der Waals surface area contributed by atoms with Gasteiger partial charge in [0.25, 0.3) is 0 Å². The van der Waals surface area contributed by atoms with E-state index in [-0.39, 0.29) is 25.1 Å². The van der Waals surface area contributed by atoms with Gasteiger partial charge in [-0.3, -0.25) is 0 Å². The third-order valence-electron chi connectivity index (χ3n) is 1.92. The lowest BCUT2D eigenvalue weighted by Crippen LogP contribution is -2.28. The van der Waals surface area contributed by atoms with Crippen LogP contribution in [0.3, 0.4) is 0 Å². The van der Waals surface area contributed by atoms with E-state index in [1.807, 2.05) is 17.7 Å². The minimum absolute atomic E-state index is 0. The number of ether oxygens (including phenoxy) is 1. The maximum atomic E-state index is 8.81. The molecule has 0 unspecified atom stereocenters. The SMILES string of the molecule is CCOCn1ccnc1C[C@@H](N)CO.Cl. The Morgan fingerprint density at radius 2 is 2.40 bits per heavy atom. The standard InChI is InChI=1S/C9H17N3O2.ClH/c1-2-14-7-12-4-3-11-9(12)5-8(10)6-13;/h3-4,8,13H,2,5-7,10H2,1H3;1H/t8-;/m1./s1. The number of hydrogen-bond donors (Lipinski definition) is 2. The van der Waals surface area contributed by atoms with Crippen molar-refractivity contribution in [1.29, 1.82) is 0 Å². The molecule has 0 saturated heterocycles. The van der Waals surface area contributed by atoms with Crippen molar-refractivity contribution in [2.24, 2.45) is 5.73 Å². The summed E-state index contributed by atoms with van der Waals surface area (Å²) in [6.07, 6.45) is 4.12. The van der Waals surface area contributed by atoms with Gasteiger partial charge in [0.2, 0.25) is 0 Å². The Balaban J connectivity index is 0.00000196. The molecule has 1 rings (SSSR count). The number of aromatic nitrogens is 2. The first-order valence-electron chi connectivity index (χ1n) is 4.72. The Labute approximate surface area is 95.7 Å². The molecule has 15 heavy (non-hydrogen) atoms. The number of aliphatic hydroxyl groups is 1. The average Bonchev–Trinajstić information content (AvgIpc) is 2.62. The molecule has 0 amide bonds. The second kappa shape index (κ2) is 7.64. The maximum absolute atomic E-state index is 8.81. The van der Waals surface area contributed by atoms with Crippen molar-refractivity contribution in [3.05, 3.63) is 18.2 Å². The lowest BCUT2D eigenvalue weighted by Gasteiger charge is -2.10. The molecule has 3 N–H and O–H groups in total. The average molecular weight is 236 g/mol. The molecule has 1 aromatic rings. The summed E-state index contributed by atoms with van der Waals surface area (Å²) in [7, 11) is 0. The predicted octanol–water partition coefficient (Wildman–Crippen LogP) is 0.161. The molecule has 0 spiro atoms. The molecule has 1 atom stereocenters. The third-order valence-corrected chi connectivity index (χ3v) is 1.92. The highest BCUT2D eigenvalue weighted by atomic mass is 35.5. The van der Waals surface area contributed by atoms with Gasteiger partial charge in [-0.25, -0.2) is 4.98 Å². The van der Waals surface area contributed by atoms with Crippen LogP contribution >= 0.6 is 12.4 Å². The molecule has 0 saturated carbocycles. The van der Waals surface area contributed by atoms with Gasteiger partial charge in [0.15, 0.2) is 0 Å². The van der Waals surface area contributed by atoms with Crippen LogP contribution in [0.2, 0.25) is 0 Å². The van der Waals surface area contributed by atoms with Crippen molar-refractivity contribution in [2.75, 3.05) is 13.2 Å². The number of halogens is 1. The van der Waals surface area contributed by atoms with Crippen molar-refractivity contribution in [3.63, 3.8) is 0 Å². The first-order chi connectivity index (χ1) is 6.77. The monoisotopic (exact) mass is 235 g/mol. The van der Waals surface area contributed by atoms with Crippen LogP contribution < -0.4 is 5.73 Å². The molecule has 0 aliphatic heterocycles. The van der Waals surface area contributed by atoms with Crippen LogP contribution in [0.4, 0.5) is 0 Å². The number of rotatable bonds is 6. The number of nitrogens with zero attached hydrogens (tertiary/aromatic N) is 2. The molecule has 0 fully saturated rings. The zero-order valence-electron chi connectivity index (χ0n) is 8.80. The molecule has 0 aromatic carbocycles. The van der Waals surface area contributed by atoms with Crippen molar-refractivity contribution in [3.8, 4) is 0 Å². The Bertz CT molecular complexity index is 268. The summed E-state index contributed by atoms with van der Waals surface area (Å²) in [5.41, 5.74) is 5.62. The largest absolute Gasteiger partial charge is 0.395 e. The number of aliphatic hydroxyl groups excluding tert-OH is 1. The molecule has 1 aromatic heterocycles. The molecule has 0 bridgehead atoms. The summed E-state index contributed by atoms with van der Waals surface area (Å²) in [6, 6.07) is -0.252. The summed E-state index contributed by atoms with van der Waals surface area (Å²) in [6.45, 7) is 3.07. The van der Waals surface area contributed by atoms with E-state index in [0.717, 1.165) is 5.82 Å². The van der Waals surface area contributed by atoms with Crippen LogP contribution in [-0.4, -0.2) is 33.9 Å². The fourth-order valence-electron chi connectivity index (χ4n) is 1.14. The molecule has 0 aliphatic rings. The van der Waals surface area contributed by atoms with E-state index in [1.165, 1.54) is 0 Å². The summed E-state index contributed by atoms with van der Waals surface area (Å²) in [4.78, 5) is 4.15. The van der Waals surface area contributed by atoms with Crippen LogP contribution in [0.1, 0.15) is 12.7 Å². The highest BCUT2D eigenvalue weighted by Crippen LogP contribution is 2.01.